The molecule has 2 heterocycles. The number of aliphatic hydroxyl groups is 1. The second-order valence-corrected chi connectivity index (χ2v) is 12.8. The van der Waals surface area contributed by atoms with Gasteiger partial charge >= 0.3 is 11.8 Å². The number of nitro groups is 1. The molecule has 55 heavy (non-hydrogen) atoms. The van der Waals surface area contributed by atoms with Crippen LogP contribution in [0.4, 0.5) is 10.5 Å². The number of rotatable bonds is 15. The SMILES string of the molecule is COc1ccc(C(OC[C@H]2O[C@@H](n3cc(C)c(=O)[nH]c3=O)CC2O)(c2ccccc2)c2ccc(OCCCNC(=O)Oc3ccc([N+](=O)[O-])cc3)cc2)cc1. The van der Waals surface area contributed by atoms with E-state index in [-0.39, 0.29) is 37.6 Å². The summed E-state index contributed by atoms with van der Waals surface area (Å²) >= 11 is 0. The first-order chi connectivity index (χ1) is 26.6. The van der Waals surface area contributed by atoms with Gasteiger partial charge in [-0.3, -0.25) is 24.5 Å². The van der Waals surface area contributed by atoms with Crippen molar-refractivity contribution in [3.8, 4) is 17.2 Å². The maximum atomic E-state index is 12.6. The van der Waals surface area contributed by atoms with E-state index < -0.39 is 46.3 Å². The number of ether oxygens (including phenoxy) is 5. The number of nitrogens with zero attached hydrogens (tertiary/aromatic N) is 2. The number of aryl methyl sites for hydroxylation is 1. The first-order valence-corrected chi connectivity index (χ1v) is 17.5. The molecule has 0 radical (unpaired) electrons. The molecule has 5 aromatic rings. The maximum Gasteiger partial charge on any atom is 0.412 e. The summed E-state index contributed by atoms with van der Waals surface area (Å²) in [5.41, 5.74) is 0.242. The highest BCUT2D eigenvalue weighted by Crippen LogP contribution is 2.42. The molecular formula is C40H40N4O11. The number of methoxy groups -OCH3 is 1. The molecule has 286 valence electrons. The lowest BCUT2D eigenvalue weighted by atomic mass is 9.80. The molecule has 15 heteroatoms. The van der Waals surface area contributed by atoms with Crippen LogP contribution in [0.25, 0.3) is 0 Å². The van der Waals surface area contributed by atoms with Crippen molar-refractivity contribution in [2.45, 2.75) is 43.8 Å². The minimum Gasteiger partial charge on any atom is -0.497 e. The van der Waals surface area contributed by atoms with Gasteiger partial charge in [-0.2, -0.15) is 0 Å². The second-order valence-electron chi connectivity index (χ2n) is 12.8. The summed E-state index contributed by atoms with van der Waals surface area (Å²) < 4.78 is 30.9. The highest BCUT2D eigenvalue weighted by atomic mass is 16.6. The first-order valence-electron chi connectivity index (χ1n) is 17.5. The van der Waals surface area contributed by atoms with Crippen molar-refractivity contribution in [2.75, 3.05) is 26.9 Å². The number of aromatic amines is 1. The molecule has 1 aliphatic rings. The molecule has 1 fully saturated rings. The van der Waals surface area contributed by atoms with Crippen molar-refractivity contribution < 1.29 is 38.5 Å². The van der Waals surface area contributed by atoms with Crippen LogP contribution in [0.5, 0.6) is 17.2 Å². The van der Waals surface area contributed by atoms with Crippen molar-refractivity contribution in [3.63, 3.8) is 0 Å². The smallest absolute Gasteiger partial charge is 0.412 e. The van der Waals surface area contributed by atoms with Crippen LogP contribution in [0.3, 0.4) is 0 Å². The van der Waals surface area contributed by atoms with Gasteiger partial charge in [0.05, 0.1) is 31.4 Å². The van der Waals surface area contributed by atoms with E-state index in [0.29, 0.717) is 23.5 Å². The molecule has 15 nitrogen and oxygen atoms in total. The van der Waals surface area contributed by atoms with Crippen LogP contribution >= 0.6 is 0 Å². The third kappa shape index (κ3) is 8.92. The van der Waals surface area contributed by atoms with E-state index in [1.54, 1.807) is 14.0 Å². The van der Waals surface area contributed by atoms with Crippen molar-refractivity contribution in [1.29, 1.82) is 0 Å². The normalized spacial score (nSPS) is 17.5. The topological polar surface area (TPSA) is 193 Å². The van der Waals surface area contributed by atoms with E-state index in [9.17, 15) is 29.6 Å². The average molecular weight is 753 g/mol. The van der Waals surface area contributed by atoms with Gasteiger partial charge in [-0.1, -0.05) is 54.6 Å². The number of aromatic nitrogens is 2. The minimum absolute atomic E-state index is 0.0619. The molecule has 1 aromatic heterocycles. The largest absolute Gasteiger partial charge is 0.497 e. The summed E-state index contributed by atoms with van der Waals surface area (Å²) in [6.45, 7) is 2.07. The number of amides is 1. The van der Waals surface area contributed by atoms with Gasteiger partial charge in [0.1, 0.15) is 35.2 Å². The fraction of sp³-hybridized carbons (Fsp3) is 0.275. The quantitative estimate of drug-likeness (QED) is 0.0566. The average Bonchev–Trinajstić information content (AvgIpc) is 3.57. The molecular weight excluding hydrogens is 712 g/mol. The standard InChI is InChI=1S/C40H40N4O11/c1-26-24-43(38(47)42-37(26)46)36-23-34(45)35(55-36)25-53-40(27-7-4-3-5-8-27,28-9-15-31(51-2)16-10-28)29-11-17-32(18-12-29)52-22-6-21-41-39(48)54-33-19-13-30(14-20-33)44(49)50/h3-5,7-20,24,34-36,45H,6,21-23,25H2,1-2H3,(H,41,48)(H,42,46,47)/t34?,35-,36-,40?/m1/s1. The molecule has 0 spiro atoms. The molecule has 1 aliphatic heterocycles. The summed E-state index contributed by atoms with van der Waals surface area (Å²) in [6.07, 6.45) is -1.28. The van der Waals surface area contributed by atoms with Crippen LogP contribution in [0.15, 0.2) is 119 Å². The fourth-order valence-electron chi connectivity index (χ4n) is 6.31. The summed E-state index contributed by atoms with van der Waals surface area (Å²) in [4.78, 5) is 49.3. The molecule has 1 saturated heterocycles. The van der Waals surface area contributed by atoms with Gasteiger partial charge in [0.15, 0.2) is 0 Å². The Labute approximate surface area is 315 Å². The van der Waals surface area contributed by atoms with Gasteiger partial charge in [-0.15, -0.1) is 0 Å². The van der Waals surface area contributed by atoms with Gasteiger partial charge < -0.3 is 34.1 Å². The number of aliphatic hydroxyl groups excluding tert-OH is 1. The van der Waals surface area contributed by atoms with Crippen LogP contribution in [0.1, 0.15) is 41.3 Å². The summed E-state index contributed by atoms with van der Waals surface area (Å²) in [5.74, 6) is 1.41. The number of nitro benzene ring substituents is 1. The van der Waals surface area contributed by atoms with Gasteiger partial charge in [0, 0.05) is 36.9 Å². The Balaban J connectivity index is 1.17. The minimum atomic E-state index is -1.20. The molecule has 0 bridgehead atoms. The number of nitrogens with one attached hydrogen (secondary N) is 2. The lowest BCUT2D eigenvalue weighted by Gasteiger charge is -2.37. The maximum absolute atomic E-state index is 12.6. The highest BCUT2D eigenvalue weighted by molar-refractivity contribution is 5.70. The van der Waals surface area contributed by atoms with E-state index in [2.05, 4.69) is 10.3 Å². The van der Waals surface area contributed by atoms with Crippen molar-refractivity contribution >= 4 is 11.8 Å². The molecule has 0 saturated carbocycles. The Hall–Kier alpha value is -6.29. The molecule has 4 aromatic carbocycles. The van der Waals surface area contributed by atoms with E-state index in [1.165, 1.54) is 35.0 Å². The van der Waals surface area contributed by atoms with Gasteiger partial charge in [0.2, 0.25) is 0 Å². The number of carbonyl (C=O) groups excluding carboxylic acids is 1. The van der Waals surface area contributed by atoms with Crippen LogP contribution in [-0.4, -0.2) is 64.8 Å². The molecule has 3 N–H and O–H groups in total. The van der Waals surface area contributed by atoms with Crippen LogP contribution < -0.4 is 30.8 Å². The lowest BCUT2D eigenvalue weighted by Crippen LogP contribution is -2.38. The third-order valence-corrected chi connectivity index (χ3v) is 9.18. The number of hydrogen-bond donors (Lipinski definition) is 3. The van der Waals surface area contributed by atoms with Crippen LogP contribution in [-0.2, 0) is 15.1 Å². The number of non-ortho nitro benzene ring substituents is 1. The Morgan fingerprint density at radius 3 is 2.20 bits per heavy atom. The molecule has 4 atom stereocenters. The number of carbonyl (C=O) groups is 1. The predicted octanol–water partition coefficient (Wildman–Crippen LogP) is 4.98. The number of benzene rings is 4. The number of H-pyrrole nitrogens is 1. The Kier molecular flexibility index (Phi) is 12.0. The molecule has 2 unspecified atom stereocenters. The summed E-state index contributed by atoms with van der Waals surface area (Å²) in [7, 11) is 1.59. The zero-order valence-corrected chi connectivity index (χ0v) is 30.1. The molecule has 6 rings (SSSR count). The van der Waals surface area contributed by atoms with Crippen molar-refractivity contribution in [3.05, 3.63) is 163 Å². The Morgan fingerprint density at radius 1 is 0.945 bits per heavy atom. The van der Waals surface area contributed by atoms with E-state index in [1.807, 2.05) is 78.9 Å². The Morgan fingerprint density at radius 2 is 1.56 bits per heavy atom. The van der Waals surface area contributed by atoms with E-state index in [4.69, 9.17) is 23.7 Å². The predicted molar refractivity (Wildman–Crippen MR) is 200 cm³/mol. The number of hydrogen-bond acceptors (Lipinski definition) is 11. The third-order valence-electron chi connectivity index (χ3n) is 9.18. The zero-order valence-electron chi connectivity index (χ0n) is 30.1. The second kappa shape index (κ2) is 17.2. The van der Waals surface area contributed by atoms with Crippen LogP contribution in [0.2, 0.25) is 0 Å². The monoisotopic (exact) mass is 752 g/mol. The molecule has 0 aliphatic carbocycles. The van der Waals surface area contributed by atoms with E-state index >= 15 is 0 Å². The first kappa shape index (κ1) is 38.4. The lowest BCUT2D eigenvalue weighted by molar-refractivity contribution is -0.384. The summed E-state index contributed by atoms with van der Waals surface area (Å²) in [6, 6.07) is 29.7. The van der Waals surface area contributed by atoms with Crippen LogP contribution in [0, 0.1) is 17.0 Å². The highest BCUT2D eigenvalue weighted by Gasteiger charge is 2.42. The molecule has 1 amide bonds. The van der Waals surface area contributed by atoms with Gasteiger partial charge in [-0.25, -0.2) is 9.59 Å². The van der Waals surface area contributed by atoms with Crippen molar-refractivity contribution in [1.82, 2.24) is 14.9 Å². The van der Waals surface area contributed by atoms with Crippen molar-refractivity contribution in [2.24, 2.45) is 0 Å². The van der Waals surface area contributed by atoms with Gasteiger partial charge in [0.25, 0.3) is 11.2 Å². The van der Waals surface area contributed by atoms with E-state index in [0.717, 1.165) is 16.7 Å². The fourth-order valence-corrected chi connectivity index (χ4v) is 6.31. The zero-order chi connectivity index (χ0) is 39.0. The Bertz CT molecular complexity index is 2190. The van der Waals surface area contributed by atoms with Gasteiger partial charge in [-0.05, 0) is 66.4 Å². The summed E-state index contributed by atoms with van der Waals surface area (Å²) in [5, 5.41) is 24.6.